The number of benzene rings is 1. The van der Waals surface area contributed by atoms with Gasteiger partial charge in [-0.2, -0.15) is 10.5 Å². The van der Waals surface area contributed by atoms with E-state index in [0.29, 0.717) is 17.7 Å². The van der Waals surface area contributed by atoms with Crippen LogP contribution in [0.4, 0.5) is 0 Å². The van der Waals surface area contributed by atoms with Gasteiger partial charge in [0.1, 0.15) is 12.1 Å². The minimum atomic E-state index is 0.0721. The fourth-order valence-electron chi connectivity index (χ4n) is 1.15. The molecule has 0 heterocycles. The first-order chi connectivity index (χ1) is 7.58. The van der Waals surface area contributed by atoms with E-state index in [9.17, 15) is 0 Å². The summed E-state index contributed by atoms with van der Waals surface area (Å²) in [4.78, 5) is 0. The molecule has 0 aromatic heterocycles. The zero-order chi connectivity index (χ0) is 12.1. The smallest absolute Gasteiger partial charge is 0.180 e. The van der Waals surface area contributed by atoms with Gasteiger partial charge in [-0.15, -0.1) is 0 Å². The summed E-state index contributed by atoms with van der Waals surface area (Å²) in [5, 5.41) is 18.8. The van der Waals surface area contributed by atoms with Crippen LogP contribution in [0.25, 0.3) is 0 Å². The van der Waals surface area contributed by atoms with Crippen molar-refractivity contribution in [2.75, 3.05) is 0 Å². The number of nitrogens with zero attached hydrogens (tertiary/aromatic N) is 3. The lowest BCUT2D eigenvalue weighted by atomic mass is 10.1. The molecule has 1 aromatic rings. The Morgan fingerprint density at radius 2 is 1.94 bits per heavy atom. The third-order valence-corrected chi connectivity index (χ3v) is 2.20. The van der Waals surface area contributed by atoms with Crippen LogP contribution in [-0.2, 0) is 6.54 Å². The standard InChI is InChI=1S/C10H9N5S/c11-4-8-2-1-7(3-9(8)5-12)6-15(14)10(13)16/h1-3H,6,14H2,(H2,13,16). The van der Waals surface area contributed by atoms with Crippen molar-refractivity contribution in [2.45, 2.75) is 6.54 Å². The molecule has 0 atom stereocenters. The molecule has 80 valence electrons. The van der Waals surface area contributed by atoms with Gasteiger partial charge in [0.25, 0.3) is 0 Å². The van der Waals surface area contributed by atoms with Crippen molar-refractivity contribution in [1.82, 2.24) is 5.01 Å². The van der Waals surface area contributed by atoms with E-state index in [4.69, 9.17) is 22.1 Å². The maximum atomic E-state index is 8.82. The molecule has 6 heteroatoms. The summed E-state index contributed by atoms with van der Waals surface area (Å²) in [6.07, 6.45) is 0. The molecule has 16 heavy (non-hydrogen) atoms. The maximum absolute atomic E-state index is 8.82. The lowest BCUT2D eigenvalue weighted by Crippen LogP contribution is -2.40. The van der Waals surface area contributed by atoms with Gasteiger partial charge < -0.3 is 5.73 Å². The summed E-state index contributed by atoms with van der Waals surface area (Å²) in [6.45, 7) is 0.301. The molecule has 0 saturated heterocycles. The summed E-state index contributed by atoms with van der Waals surface area (Å²) in [5.74, 6) is 5.53. The van der Waals surface area contributed by atoms with Gasteiger partial charge in [-0.05, 0) is 29.9 Å². The molecule has 0 bridgehead atoms. The van der Waals surface area contributed by atoms with Crippen molar-refractivity contribution >= 4 is 17.3 Å². The Morgan fingerprint density at radius 1 is 1.31 bits per heavy atom. The number of hydrazine groups is 1. The van der Waals surface area contributed by atoms with E-state index < -0.39 is 0 Å². The van der Waals surface area contributed by atoms with Crippen LogP contribution in [0.5, 0.6) is 0 Å². The van der Waals surface area contributed by atoms with E-state index in [1.807, 2.05) is 12.1 Å². The zero-order valence-electron chi connectivity index (χ0n) is 8.34. The maximum Gasteiger partial charge on any atom is 0.180 e. The zero-order valence-corrected chi connectivity index (χ0v) is 9.16. The van der Waals surface area contributed by atoms with Crippen LogP contribution in [0.15, 0.2) is 18.2 Å². The molecular weight excluding hydrogens is 222 g/mol. The first kappa shape index (κ1) is 11.9. The van der Waals surface area contributed by atoms with E-state index >= 15 is 0 Å². The molecule has 0 aliphatic carbocycles. The van der Waals surface area contributed by atoms with Gasteiger partial charge in [-0.1, -0.05) is 6.07 Å². The summed E-state index contributed by atoms with van der Waals surface area (Å²) in [7, 11) is 0. The molecule has 0 aliphatic heterocycles. The molecule has 4 N–H and O–H groups in total. The van der Waals surface area contributed by atoms with Crippen molar-refractivity contribution in [1.29, 1.82) is 10.5 Å². The third kappa shape index (κ3) is 2.67. The van der Waals surface area contributed by atoms with Crippen LogP contribution in [0, 0.1) is 22.7 Å². The highest BCUT2D eigenvalue weighted by Gasteiger charge is 2.06. The number of hydrogen-bond donors (Lipinski definition) is 2. The van der Waals surface area contributed by atoms with Gasteiger partial charge in [-0.3, -0.25) is 5.01 Å². The third-order valence-electron chi connectivity index (χ3n) is 1.96. The molecule has 1 aromatic carbocycles. The average molecular weight is 231 g/mol. The Morgan fingerprint density at radius 3 is 2.44 bits per heavy atom. The fraction of sp³-hybridized carbons (Fsp3) is 0.100. The predicted molar refractivity (Wildman–Crippen MR) is 62.4 cm³/mol. The Hall–Kier alpha value is -2.15. The van der Waals surface area contributed by atoms with Gasteiger partial charge in [0, 0.05) is 0 Å². The number of thiocarbonyl (C=S) groups is 1. The summed E-state index contributed by atoms with van der Waals surface area (Å²) in [6, 6.07) is 8.75. The van der Waals surface area contributed by atoms with Crippen LogP contribution < -0.4 is 11.6 Å². The molecular formula is C10H9N5S. The van der Waals surface area contributed by atoms with Crippen molar-refractivity contribution < 1.29 is 0 Å². The first-order valence-corrected chi connectivity index (χ1v) is 4.74. The highest BCUT2D eigenvalue weighted by molar-refractivity contribution is 7.80. The quantitative estimate of drug-likeness (QED) is 0.432. The van der Waals surface area contributed by atoms with Crippen molar-refractivity contribution in [2.24, 2.45) is 11.6 Å². The first-order valence-electron chi connectivity index (χ1n) is 4.33. The second kappa shape index (κ2) is 5.08. The van der Waals surface area contributed by atoms with E-state index in [1.54, 1.807) is 18.2 Å². The largest absolute Gasteiger partial charge is 0.375 e. The number of hydrogen-bond acceptors (Lipinski definition) is 4. The highest BCUT2D eigenvalue weighted by Crippen LogP contribution is 2.11. The van der Waals surface area contributed by atoms with Crippen LogP contribution >= 0.6 is 12.2 Å². The van der Waals surface area contributed by atoms with Crippen LogP contribution in [0.1, 0.15) is 16.7 Å². The minimum absolute atomic E-state index is 0.0721. The Labute approximate surface area is 98.4 Å². The van der Waals surface area contributed by atoms with Crippen molar-refractivity contribution in [3.05, 3.63) is 34.9 Å². The summed E-state index contributed by atoms with van der Waals surface area (Å²) >= 11 is 4.69. The van der Waals surface area contributed by atoms with Crippen LogP contribution in [0.2, 0.25) is 0 Å². The highest BCUT2D eigenvalue weighted by atomic mass is 32.1. The molecule has 0 unspecified atom stereocenters. The fourth-order valence-corrected chi connectivity index (χ4v) is 1.22. The minimum Gasteiger partial charge on any atom is -0.375 e. The van der Waals surface area contributed by atoms with Crippen molar-refractivity contribution in [3.8, 4) is 12.1 Å². The number of nitriles is 2. The lowest BCUT2D eigenvalue weighted by Gasteiger charge is -2.16. The van der Waals surface area contributed by atoms with Crippen LogP contribution in [0.3, 0.4) is 0 Å². The van der Waals surface area contributed by atoms with Gasteiger partial charge in [-0.25, -0.2) is 5.84 Å². The van der Waals surface area contributed by atoms with E-state index in [2.05, 4.69) is 12.2 Å². The van der Waals surface area contributed by atoms with Crippen molar-refractivity contribution in [3.63, 3.8) is 0 Å². The van der Waals surface area contributed by atoms with Gasteiger partial charge in [0.2, 0.25) is 0 Å². The molecule has 0 saturated carbocycles. The Kier molecular flexibility index (Phi) is 3.78. The molecule has 0 fully saturated rings. The number of rotatable bonds is 2. The second-order valence-corrected chi connectivity index (χ2v) is 3.49. The van der Waals surface area contributed by atoms with Gasteiger partial charge in [0.15, 0.2) is 5.11 Å². The number of nitrogens with two attached hydrogens (primary N) is 2. The molecule has 0 radical (unpaired) electrons. The molecule has 0 spiro atoms. The summed E-state index contributed by atoms with van der Waals surface area (Å²) in [5.41, 5.74) is 6.75. The molecule has 1 rings (SSSR count). The van der Waals surface area contributed by atoms with E-state index in [-0.39, 0.29) is 5.11 Å². The Bertz CT molecular complexity index is 497. The van der Waals surface area contributed by atoms with E-state index in [0.717, 1.165) is 5.56 Å². The second-order valence-electron chi connectivity index (χ2n) is 3.07. The predicted octanol–water partition coefficient (Wildman–Crippen LogP) is 0.349. The normalized spacial score (nSPS) is 8.94. The molecule has 0 amide bonds. The molecule has 5 nitrogen and oxygen atoms in total. The lowest BCUT2D eigenvalue weighted by molar-refractivity contribution is 0.437. The summed E-state index contributed by atoms with van der Waals surface area (Å²) < 4.78 is 0. The Balaban J connectivity index is 2.98. The van der Waals surface area contributed by atoms with Gasteiger partial charge in [0.05, 0.1) is 17.7 Å². The average Bonchev–Trinajstić information content (AvgIpc) is 2.28. The van der Waals surface area contributed by atoms with E-state index in [1.165, 1.54) is 5.01 Å². The SMILES string of the molecule is N#Cc1ccc(CN(N)C(N)=S)cc1C#N. The molecule has 0 aliphatic rings. The topological polar surface area (TPSA) is 103 Å². The van der Waals surface area contributed by atoms with Crippen LogP contribution in [-0.4, -0.2) is 10.1 Å². The monoisotopic (exact) mass is 231 g/mol. The van der Waals surface area contributed by atoms with Gasteiger partial charge >= 0.3 is 0 Å².